The third kappa shape index (κ3) is 4.83. The van der Waals surface area contributed by atoms with Crippen LogP contribution in [0.3, 0.4) is 0 Å². The molecule has 0 fully saturated rings. The van der Waals surface area contributed by atoms with Gasteiger partial charge in [0.1, 0.15) is 6.61 Å². The van der Waals surface area contributed by atoms with E-state index in [2.05, 4.69) is 21.2 Å². The van der Waals surface area contributed by atoms with Crippen LogP contribution in [0.2, 0.25) is 5.02 Å². The number of halogens is 2. The van der Waals surface area contributed by atoms with E-state index in [0.29, 0.717) is 24.8 Å². The fourth-order valence-electron chi connectivity index (χ4n) is 1.82. The lowest BCUT2D eigenvalue weighted by molar-refractivity contribution is 0.284. The van der Waals surface area contributed by atoms with Crippen molar-refractivity contribution < 1.29 is 9.47 Å². The topological polar surface area (TPSA) is 30.5 Å². The first-order chi connectivity index (χ1) is 10.2. The number of hydrogen-bond acceptors (Lipinski definition) is 3. The van der Waals surface area contributed by atoms with Crippen molar-refractivity contribution in [2.75, 3.05) is 25.1 Å². The molecule has 1 N–H and O–H groups in total. The Labute approximate surface area is 138 Å². The maximum atomic E-state index is 5.91. The van der Waals surface area contributed by atoms with Crippen molar-refractivity contribution in [2.24, 2.45) is 0 Å². The van der Waals surface area contributed by atoms with Crippen LogP contribution in [0.5, 0.6) is 11.5 Å². The molecule has 0 bridgehead atoms. The SMILES string of the molecule is CCOc1ccccc1OCCNc1ccc(Cl)cc1Br. The summed E-state index contributed by atoms with van der Waals surface area (Å²) in [5.74, 6) is 1.53. The highest BCUT2D eigenvalue weighted by atomic mass is 79.9. The lowest BCUT2D eigenvalue weighted by Crippen LogP contribution is -2.12. The fourth-order valence-corrected chi connectivity index (χ4v) is 2.65. The van der Waals surface area contributed by atoms with Gasteiger partial charge in [-0.05, 0) is 53.2 Å². The van der Waals surface area contributed by atoms with Crippen molar-refractivity contribution >= 4 is 33.2 Å². The minimum atomic E-state index is 0.541. The van der Waals surface area contributed by atoms with Crippen LogP contribution in [0.4, 0.5) is 5.69 Å². The van der Waals surface area contributed by atoms with Crippen LogP contribution in [-0.2, 0) is 0 Å². The Balaban J connectivity index is 1.84. The molecule has 3 nitrogen and oxygen atoms in total. The molecule has 0 heterocycles. The molecule has 0 aliphatic carbocycles. The standard InChI is InChI=1S/C16H17BrClNO2/c1-2-20-15-5-3-4-6-16(15)21-10-9-19-14-8-7-12(18)11-13(14)17/h3-8,11,19H,2,9-10H2,1H3. The first kappa shape index (κ1) is 16.0. The molecule has 0 amide bonds. The quantitative estimate of drug-likeness (QED) is 0.696. The van der Waals surface area contributed by atoms with Gasteiger partial charge in [-0.1, -0.05) is 23.7 Å². The zero-order valence-electron chi connectivity index (χ0n) is 11.7. The van der Waals surface area contributed by atoms with Gasteiger partial charge in [0.25, 0.3) is 0 Å². The monoisotopic (exact) mass is 369 g/mol. The largest absolute Gasteiger partial charge is 0.490 e. The van der Waals surface area contributed by atoms with Crippen molar-refractivity contribution in [3.05, 3.63) is 52.0 Å². The van der Waals surface area contributed by atoms with Gasteiger partial charge in [0, 0.05) is 21.7 Å². The number of nitrogens with one attached hydrogen (secondary N) is 1. The van der Waals surface area contributed by atoms with Crippen LogP contribution in [0.15, 0.2) is 46.9 Å². The third-order valence-corrected chi connectivity index (χ3v) is 3.65. The summed E-state index contributed by atoms with van der Waals surface area (Å²) >= 11 is 9.38. The Morgan fingerprint density at radius 3 is 2.48 bits per heavy atom. The number of hydrogen-bond donors (Lipinski definition) is 1. The van der Waals surface area contributed by atoms with Gasteiger partial charge in [-0.3, -0.25) is 0 Å². The molecule has 2 aromatic carbocycles. The molecular weight excluding hydrogens is 354 g/mol. The van der Waals surface area contributed by atoms with Gasteiger partial charge >= 0.3 is 0 Å². The molecule has 0 saturated carbocycles. The molecule has 0 aliphatic heterocycles. The number of benzene rings is 2. The van der Waals surface area contributed by atoms with Crippen molar-refractivity contribution in [3.63, 3.8) is 0 Å². The van der Waals surface area contributed by atoms with Crippen molar-refractivity contribution in [3.8, 4) is 11.5 Å². The first-order valence-corrected chi connectivity index (χ1v) is 7.91. The first-order valence-electron chi connectivity index (χ1n) is 6.74. The Kier molecular flexibility index (Phi) is 6.21. The van der Waals surface area contributed by atoms with Crippen LogP contribution in [0, 0.1) is 0 Å². The van der Waals surface area contributed by atoms with Crippen molar-refractivity contribution in [1.82, 2.24) is 0 Å². The second-order valence-electron chi connectivity index (χ2n) is 4.28. The molecule has 0 spiro atoms. The Bertz CT molecular complexity index is 592. The van der Waals surface area contributed by atoms with Gasteiger partial charge in [-0.25, -0.2) is 0 Å². The van der Waals surface area contributed by atoms with E-state index in [-0.39, 0.29) is 0 Å². The van der Waals surface area contributed by atoms with Crippen LogP contribution in [-0.4, -0.2) is 19.8 Å². The van der Waals surface area contributed by atoms with Crippen LogP contribution in [0.1, 0.15) is 6.92 Å². The van der Waals surface area contributed by atoms with E-state index in [1.807, 2.05) is 49.4 Å². The van der Waals surface area contributed by atoms with Gasteiger partial charge < -0.3 is 14.8 Å². The maximum absolute atomic E-state index is 5.91. The molecule has 2 aromatic rings. The molecule has 0 aromatic heterocycles. The summed E-state index contributed by atoms with van der Waals surface area (Å²) in [5.41, 5.74) is 0.987. The normalized spacial score (nSPS) is 10.2. The molecule has 0 unspecified atom stereocenters. The van der Waals surface area contributed by atoms with E-state index in [0.717, 1.165) is 21.7 Å². The van der Waals surface area contributed by atoms with Gasteiger partial charge in [0.15, 0.2) is 11.5 Å². The average molecular weight is 371 g/mol. The summed E-state index contributed by atoms with van der Waals surface area (Å²) in [6.07, 6.45) is 0. The highest BCUT2D eigenvalue weighted by molar-refractivity contribution is 9.10. The highest BCUT2D eigenvalue weighted by Crippen LogP contribution is 2.27. The van der Waals surface area contributed by atoms with E-state index in [4.69, 9.17) is 21.1 Å². The van der Waals surface area contributed by atoms with E-state index in [9.17, 15) is 0 Å². The molecule has 0 radical (unpaired) electrons. The van der Waals surface area contributed by atoms with E-state index >= 15 is 0 Å². The molecule has 0 saturated heterocycles. The van der Waals surface area contributed by atoms with E-state index < -0.39 is 0 Å². The van der Waals surface area contributed by atoms with Gasteiger partial charge in [-0.2, -0.15) is 0 Å². The van der Waals surface area contributed by atoms with Crippen molar-refractivity contribution in [1.29, 1.82) is 0 Å². The number of para-hydroxylation sites is 2. The predicted molar refractivity (Wildman–Crippen MR) is 90.7 cm³/mol. The molecule has 2 rings (SSSR count). The summed E-state index contributed by atoms with van der Waals surface area (Å²) in [5, 5.41) is 3.99. The van der Waals surface area contributed by atoms with Gasteiger partial charge in [0.2, 0.25) is 0 Å². The summed E-state index contributed by atoms with van der Waals surface area (Å²) in [6, 6.07) is 13.3. The smallest absolute Gasteiger partial charge is 0.161 e. The molecular formula is C16H17BrClNO2. The fraction of sp³-hybridized carbons (Fsp3) is 0.250. The zero-order chi connectivity index (χ0) is 15.1. The molecule has 0 atom stereocenters. The van der Waals surface area contributed by atoms with Crippen LogP contribution >= 0.6 is 27.5 Å². The molecule has 0 aliphatic rings. The highest BCUT2D eigenvalue weighted by Gasteiger charge is 2.04. The average Bonchev–Trinajstić information content (AvgIpc) is 2.47. The summed E-state index contributed by atoms with van der Waals surface area (Å²) in [7, 11) is 0. The molecule has 112 valence electrons. The summed E-state index contributed by atoms with van der Waals surface area (Å²) < 4.78 is 12.2. The number of rotatable bonds is 7. The van der Waals surface area contributed by atoms with Crippen molar-refractivity contribution in [2.45, 2.75) is 6.92 Å². The van der Waals surface area contributed by atoms with E-state index in [1.54, 1.807) is 0 Å². The second kappa shape index (κ2) is 8.15. The molecule has 5 heteroatoms. The lowest BCUT2D eigenvalue weighted by atomic mass is 10.3. The van der Waals surface area contributed by atoms with E-state index in [1.165, 1.54) is 0 Å². The van der Waals surface area contributed by atoms with Gasteiger partial charge in [0.05, 0.1) is 6.61 Å². The minimum Gasteiger partial charge on any atom is -0.490 e. The van der Waals surface area contributed by atoms with Crippen LogP contribution < -0.4 is 14.8 Å². The maximum Gasteiger partial charge on any atom is 0.161 e. The van der Waals surface area contributed by atoms with Gasteiger partial charge in [-0.15, -0.1) is 0 Å². The number of anilines is 1. The predicted octanol–water partition coefficient (Wildman–Crippen LogP) is 4.99. The lowest BCUT2D eigenvalue weighted by Gasteiger charge is -2.13. The minimum absolute atomic E-state index is 0.541. The third-order valence-electron chi connectivity index (χ3n) is 2.76. The van der Waals surface area contributed by atoms with Crippen LogP contribution in [0.25, 0.3) is 0 Å². The Morgan fingerprint density at radius 1 is 1.10 bits per heavy atom. The Hall–Kier alpha value is -1.39. The number of ether oxygens (including phenoxy) is 2. The summed E-state index contributed by atoms with van der Waals surface area (Å²) in [6.45, 7) is 3.80. The zero-order valence-corrected chi connectivity index (χ0v) is 14.1. The summed E-state index contributed by atoms with van der Waals surface area (Å²) in [4.78, 5) is 0. The Morgan fingerprint density at radius 2 is 1.81 bits per heavy atom. The molecule has 21 heavy (non-hydrogen) atoms. The second-order valence-corrected chi connectivity index (χ2v) is 5.57.